The van der Waals surface area contributed by atoms with Crippen molar-refractivity contribution in [1.29, 1.82) is 0 Å². The molecule has 0 radical (unpaired) electrons. The lowest BCUT2D eigenvalue weighted by molar-refractivity contribution is -0.137. The van der Waals surface area contributed by atoms with Gasteiger partial charge in [-0.25, -0.2) is 0 Å². The topological polar surface area (TPSA) is 17.1 Å². The molecule has 4 heteroatoms. The number of alkyl halides is 3. The predicted molar refractivity (Wildman–Crippen MR) is 62.5 cm³/mol. The van der Waals surface area contributed by atoms with Gasteiger partial charge in [0.2, 0.25) is 0 Å². The van der Waals surface area contributed by atoms with E-state index in [2.05, 4.69) is 0 Å². The van der Waals surface area contributed by atoms with Crippen molar-refractivity contribution in [2.24, 2.45) is 23.2 Å². The standard InChI is InChI=1S/C15H13F3O/c16-15(17,18)9-3-1-2-8(6-9)13(19)12-10-7-11(10)14(12)4-5-14/h1-3,6,10-12H,4-5,7H2/t10-,11?,12?/m0/s1. The highest BCUT2D eigenvalue weighted by Gasteiger charge is 2.77. The minimum absolute atomic E-state index is 0.000911. The number of carbonyl (C=O) groups is 1. The number of ketones is 1. The molecule has 3 fully saturated rings. The number of benzene rings is 1. The summed E-state index contributed by atoms with van der Waals surface area (Å²) in [4.78, 5) is 12.4. The lowest BCUT2D eigenvalue weighted by atomic mass is 9.67. The van der Waals surface area contributed by atoms with Crippen LogP contribution in [0.5, 0.6) is 0 Å². The SMILES string of the molecule is O=C(c1cccc(C(F)(F)F)c1)C1[C@H]2CC2C12CC2. The van der Waals surface area contributed by atoms with Gasteiger partial charge in [0.1, 0.15) is 0 Å². The van der Waals surface area contributed by atoms with Gasteiger partial charge in [0, 0.05) is 11.5 Å². The summed E-state index contributed by atoms with van der Waals surface area (Å²) >= 11 is 0. The lowest BCUT2D eigenvalue weighted by Crippen LogP contribution is -2.38. The van der Waals surface area contributed by atoms with Crippen LogP contribution in [0.1, 0.15) is 35.2 Å². The van der Waals surface area contributed by atoms with Crippen molar-refractivity contribution in [2.75, 3.05) is 0 Å². The Morgan fingerprint density at radius 3 is 2.63 bits per heavy atom. The van der Waals surface area contributed by atoms with Crippen LogP contribution in [0.4, 0.5) is 13.2 Å². The first-order valence-corrected chi connectivity index (χ1v) is 6.65. The van der Waals surface area contributed by atoms with Gasteiger partial charge in [-0.15, -0.1) is 0 Å². The first kappa shape index (κ1) is 11.5. The van der Waals surface area contributed by atoms with Crippen LogP contribution in [-0.4, -0.2) is 5.78 Å². The molecule has 0 N–H and O–H groups in total. The van der Waals surface area contributed by atoms with E-state index in [0.29, 0.717) is 11.8 Å². The molecule has 3 atom stereocenters. The molecule has 3 aliphatic rings. The molecule has 2 unspecified atom stereocenters. The van der Waals surface area contributed by atoms with Crippen LogP contribution in [-0.2, 0) is 6.18 Å². The van der Waals surface area contributed by atoms with Gasteiger partial charge in [0.05, 0.1) is 5.56 Å². The molecular weight excluding hydrogens is 253 g/mol. The van der Waals surface area contributed by atoms with Gasteiger partial charge in [-0.3, -0.25) is 4.79 Å². The van der Waals surface area contributed by atoms with E-state index in [-0.39, 0.29) is 22.7 Å². The molecule has 0 aliphatic heterocycles. The highest BCUT2D eigenvalue weighted by atomic mass is 19.4. The number of halogens is 3. The Bertz CT molecular complexity index is 571. The molecule has 0 saturated heterocycles. The number of Topliss-reactive ketones (excluding diaryl/α,β-unsaturated/α-hetero) is 1. The third kappa shape index (κ3) is 1.46. The molecule has 100 valence electrons. The molecule has 1 aromatic carbocycles. The summed E-state index contributed by atoms with van der Waals surface area (Å²) < 4.78 is 38.0. The second-order valence-electron chi connectivity index (χ2n) is 6.16. The molecule has 1 aromatic rings. The quantitative estimate of drug-likeness (QED) is 0.741. The Kier molecular flexibility index (Phi) is 1.95. The second-order valence-corrected chi connectivity index (χ2v) is 6.16. The van der Waals surface area contributed by atoms with Gasteiger partial charge in [-0.2, -0.15) is 13.2 Å². The van der Waals surface area contributed by atoms with E-state index in [1.165, 1.54) is 12.1 Å². The summed E-state index contributed by atoms with van der Waals surface area (Å²) in [5, 5.41) is 0. The van der Waals surface area contributed by atoms with E-state index in [0.717, 1.165) is 31.4 Å². The van der Waals surface area contributed by atoms with E-state index in [1.807, 2.05) is 0 Å². The second kappa shape index (κ2) is 3.22. The van der Waals surface area contributed by atoms with Crippen molar-refractivity contribution in [3.05, 3.63) is 35.4 Å². The maximum atomic E-state index is 12.7. The summed E-state index contributed by atoms with van der Waals surface area (Å²) in [5.41, 5.74) is -0.304. The molecule has 0 heterocycles. The average Bonchev–Trinajstić information content (AvgIpc) is 3.20. The van der Waals surface area contributed by atoms with Gasteiger partial charge in [-0.05, 0) is 48.6 Å². The highest BCUT2D eigenvalue weighted by Crippen LogP contribution is 2.81. The minimum atomic E-state index is -4.38. The van der Waals surface area contributed by atoms with E-state index < -0.39 is 11.7 Å². The Balaban J connectivity index is 1.64. The Hall–Kier alpha value is -1.32. The molecule has 0 aromatic heterocycles. The molecular formula is C15H13F3O. The largest absolute Gasteiger partial charge is 0.416 e. The van der Waals surface area contributed by atoms with Crippen molar-refractivity contribution in [3.63, 3.8) is 0 Å². The lowest BCUT2D eigenvalue weighted by Gasteiger charge is -2.35. The van der Waals surface area contributed by atoms with Gasteiger partial charge in [-0.1, -0.05) is 12.1 Å². The smallest absolute Gasteiger partial charge is 0.294 e. The van der Waals surface area contributed by atoms with Crippen molar-refractivity contribution >= 4 is 5.78 Å². The van der Waals surface area contributed by atoms with E-state index >= 15 is 0 Å². The Morgan fingerprint density at radius 1 is 1.26 bits per heavy atom. The Morgan fingerprint density at radius 2 is 2.00 bits per heavy atom. The number of carbonyl (C=O) groups excluding carboxylic acids is 1. The first-order chi connectivity index (χ1) is 8.93. The zero-order chi connectivity index (χ0) is 13.4. The number of hydrogen-bond acceptors (Lipinski definition) is 1. The van der Waals surface area contributed by atoms with Crippen LogP contribution in [0, 0.1) is 23.2 Å². The van der Waals surface area contributed by atoms with Crippen LogP contribution in [0.25, 0.3) is 0 Å². The van der Waals surface area contributed by atoms with Crippen molar-refractivity contribution in [3.8, 4) is 0 Å². The zero-order valence-corrected chi connectivity index (χ0v) is 10.2. The summed E-state index contributed by atoms with van der Waals surface area (Å²) in [6.07, 6.45) is -1.10. The van der Waals surface area contributed by atoms with Crippen LogP contribution in [0.2, 0.25) is 0 Å². The average molecular weight is 266 g/mol. The third-order valence-corrected chi connectivity index (χ3v) is 5.21. The molecule has 1 nitrogen and oxygen atoms in total. The van der Waals surface area contributed by atoms with Gasteiger partial charge in [0.25, 0.3) is 0 Å². The van der Waals surface area contributed by atoms with E-state index in [4.69, 9.17) is 0 Å². The van der Waals surface area contributed by atoms with Gasteiger partial charge in [0.15, 0.2) is 5.78 Å². The van der Waals surface area contributed by atoms with E-state index in [9.17, 15) is 18.0 Å². The molecule has 0 amide bonds. The van der Waals surface area contributed by atoms with Crippen LogP contribution in [0.15, 0.2) is 24.3 Å². The van der Waals surface area contributed by atoms with Gasteiger partial charge < -0.3 is 0 Å². The van der Waals surface area contributed by atoms with Gasteiger partial charge >= 0.3 is 6.18 Å². The summed E-state index contributed by atoms with van der Waals surface area (Å²) in [7, 11) is 0. The molecule has 3 saturated carbocycles. The number of rotatable bonds is 2. The molecule has 4 rings (SSSR count). The fraction of sp³-hybridized carbons (Fsp3) is 0.533. The maximum absolute atomic E-state index is 12.7. The zero-order valence-electron chi connectivity index (χ0n) is 10.2. The van der Waals surface area contributed by atoms with Crippen molar-refractivity contribution in [2.45, 2.75) is 25.4 Å². The normalized spacial score (nSPS) is 33.5. The monoisotopic (exact) mass is 266 g/mol. The summed E-state index contributed by atoms with van der Waals surface area (Å²) in [5.74, 6) is 1.10. The third-order valence-electron chi connectivity index (χ3n) is 5.21. The fourth-order valence-corrected chi connectivity index (χ4v) is 4.09. The van der Waals surface area contributed by atoms with E-state index in [1.54, 1.807) is 0 Å². The Labute approximate surface area is 108 Å². The molecule has 1 spiro atoms. The fourth-order valence-electron chi connectivity index (χ4n) is 4.09. The molecule has 0 bridgehead atoms. The predicted octanol–water partition coefficient (Wildman–Crippen LogP) is 3.93. The van der Waals surface area contributed by atoms with Crippen molar-refractivity contribution < 1.29 is 18.0 Å². The maximum Gasteiger partial charge on any atom is 0.416 e. The minimum Gasteiger partial charge on any atom is -0.294 e. The number of fused-ring (bicyclic) bond motifs is 2. The first-order valence-electron chi connectivity index (χ1n) is 6.65. The molecule has 19 heavy (non-hydrogen) atoms. The molecule has 3 aliphatic carbocycles. The summed E-state index contributed by atoms with van der Waals surface area (Å²) in [6, 6.07) is 4.88. The number of hydrogen-bond donors (Lipinski definition) is 0. The summed E-state index contributed by atoms with van der Waals surface area (Å²) in [6.45, 7) is 0. The van der Waals surface area contributed by atoms with Crippen LogP contribution < -0.4 is 0 Å². The van der Waals surface area contributed by atoms with Crippen LogP contribution in [0.3, 0.4) is 0 Å². The van der Waals surface area contributed by atoms with Crippen LogP contribution >= 0.6 is 0 Å². The van der Waals surface area contributed by atoms with Crippen molar-refractivity contribution in [1.82, 2.24) is 0 Å². The highest BCUT2D eigenvalue weighted by molar-refractivity contribution is 6.00.